The van der Waals surface area contributed by atoms with Gasteiger partial charge in [0.2, 0.25) is 0 Å². The smallest absolute Gasteiger partial charge is 0.150 e. The topological polar surface area (TPSA) is 37.3 Å². The number of aromatic hydroxyl groups is 1. The van der Waals surface area contributed by atoms with E-state index in [1.807, 2.05) is 30.3 Å². The van der Waals surface area contributed by atoms with Crippen LogP contribution in [0.25, 0.3) is 0 Å². The van der Waals surface area contributed by atoms with Crippen molar-refractivity contribution in [3.05, 3.63) is 65.2 Å². The minimum atomic E-state index is 0.200. The third-order valence-electron chi connectivity index (χ3n) is 2.82. The van der Waals surface area contributed by atoms with Crippen LogP contribution in [0.2, 0.25) is 0 Å². The second-order valence-electron chi connectivity index (χ2n) is 3.95. The molecule has 0 radical (unpaired) electrons. The van der Waals surface area contributed by atoms with Crippen LogP contribution in [-0.2, 0) is 12.8 Å². The van der Waals surface area contributed by atoms with Gasteiger partial charge in [0, 0.05) is 11.1 Å². The summed E-state index contributed by atoms with van der Waals surface area (Å²) in [5.74, 6) is 0.200. The molecule has 0 unspecified atom stereocenters. The molecule has 0 aromatic heterocycles. The summed E-state index contributed by atoms with van der Waals surface area (Å²) in [5.41, 5.74) is 2.50. The number of phenolic OH excluding ortho intramolecular Hbond substituents is 1. The molecule has 0 aliphatic carbocycles. The summed E-state index contributed by atoms with van der Waals surface area (Å²) in [7, 11) is 0. The van der Waals surface area contributed by atoms with Crippen LogP contribution in [0.1, 0.15) is 21.5 Å². The SMILES string of the molecule is O=Cc1cccc(O)c1CCc1ccccc1. The lowest BCUT2D eigenvalue weighted by Gasteiger charge is -2.07. The van der Waals surface area contributed by atoms with Gasteiger partial charge in [0.05, 0.1) is 0 Å². The van der Waals surface area contributed by atoms with Crippen LogP contribution in [0.3, 0.4) is 0 Å². The lowest BCUT2D eigenvalue weighted by atomic mass is 9.99. The molecule has 0 spiro atoms. The summed E-state index contributed by atoms with van der Waals surface area (Å²) < 4.78 is 0. The van der Waals surface area contributed by atoms with Crippen molar-refractivity contribution >= 4 is 6.29 Å². The Morgan fingerprint density at radius 2 is 1.71 bits per heavy atom. The van der Waals surface area contributed by atoms with Crippen molar-refractivity contribution in [1.29, 1.82) is 0 Å². The predicted octanol–water partition coefficient (Wildman–Crippen LogP) is 2.99. The molecular weight excluding hydrogens is 212 g/mol. The zero-order valence-electron chi connectivity index (χ0n) is 9.47. The molecule has 0 aliphatic rings. The molecular formula is C15H14O2. The number of rotatable bonds is 4. The normalized spacial score (nSPS) is 10.1. The van der Waals surface area contributed by atoms with E-state index in [1.165, 1.54) is 5.56 Å². The fourth-order valence-electron chi connectivity index (χ4n) is 1.89. The summed E-state index contributed by atoms with van der Waals surface area (Å²) >= 11 is 0. The summed E-state index contributed by atoms with van der Waals surface area (Å²) in [5, 5.41) is 9.74. The second-order valence-corrected chi connectivity index (χ2v) is 3.95. The first-order valence-corrected chi connectivity index (χ1v) is 5.61. The third-order valence-corrected chi connectivity index (χ3v) is 2.82. The average Bonchev–Trinajstić information content (AvgIpc) is 2.38. The molecule has 2 heteroatoms. The Bertz CT molecular complexity index is 504. The minimum Gasteiger partial charge on any atom is -0.508 e. The van der Waals surface area contributed by atoms with Crippen LogP contribution in [-0.4, -0.2) is 11.4 Å². The van der Waals surface area contributed by atoms with Gasteiger partial charge in [-0.1, -0.05) is 42.5 Å². The van der Waals surface area contributed by atoms with E-state index >= 15 is 0 Å². The van der Waals surface area contributed by atoms with E-state index in [0.29, 0.717) is 12.0 Å². The number of aryl methyl sites for hydroxylation is 1. The van der Waals surface area contributed by atoms with Crippen LogP contribution in [0, 0.1) is 0 Å². The molecule has 2 aromatic carbocycles. The Morgan fingerprint density at radius 1 is 0.941 bits per heavy atom. The zero-order chi connectivity index (χ0) is 12.1. The minimum absolute atomic E-state index is 0.200. The average molecular weight is 226 g/mol. The highest BCUT2D eigenvalue weighted by atomic mass is 16.3. The molecule has 0 saturated heterocycles. The van der Waals surface area contributed by atoms with Gasteiger partial charge in [-0.2, -0.15) is 0 Å². The van der Waals surface area contributed by atoms with E-state index < -0.39 is 0 Å². The van der Waals surface area contributed by atoms with Crippen molar-refractivity contribution < 1.29 is 9.90 Å². The molecule has 2 rings (SSSR count). The lowest BCUT2D eigenvalue weighted by Crippen LogP contribution is -1.96. The van der Waals surface area contributed by atoms with Gasteiger partial charge in [0.25, 0.3) is 0 Å². The Balaban J connectivity index is 2.16. The van der Waals surface area contributed by atoms with Gasteiger partial charge in [-0.3, -0.25) is 4.79 Å². The summed E-state index contributed by atoms with van der Waals surface area (Å²) in [4.78, 5) is 10.9. The molecule has 0 atom stereocenters. The van der Waals surface area contributed by atoms with Gasteiger partial charge in [-0.25, -0.2) is 0 Å². The number of carbonyl (C=O) groups excluding carboxylic acids is 1. The van der Waals surface area contributed by atoms with E-state index in [-0.39, 0.29) is 5.75 Å². The molecule has 0 amide bonds. The number of aldehydes is 1. The van der Waals surface area contributed by atoms with Crippen LogP contribution in [0.4, 0.5) is 0 Å². The highest BCUT2D eigenvalue weighted by Crippen LogP contribution is 2.21. The maximum absolute atomic E-state index is 10.9. The van der Waals surface area contributed by atoms with Crippen LogP contribution >= 0.6 is 0 Å². The highest BCUT2D eigenvalue weighted by molar-refractivity contribution is 5.78. The molecule has 17 heavy (non-hydrogen) atoms. The quantitative estimate of drug-likeness (QED) is 0.814. The molecule has 1 N–H and O–H groups in total. The van der Waals surface area contributed by atoms with Crippen molar-refractivity contribution in [2.75, 3.05) is 0 Å². The Kier molecular flexibility index (Phi) is 3.55. The zero-order valence-corrected chi connectivity index (χ0v) is 9.47. The van der Waals surface area contributed by atoms with Gasteiger partial charge in [-0.15, -0.1) is 0 Å². The molecule has 2 aromatic rings. The molecule has 0 saturated carbocycles. The van der Waals surface area contributed by atoms with Gasteiger partial charge in [-0.05, 0) is 24.5 Å². The second kappa shape index (κ2) is 5.30. The summed E-state index contributed by atoms with van der Waals surface area (Å²) in [6.45, 7) is 0. The number of benzene rings is 2. The number of hydrogen-bond acceptors (Lipinski definition) is 2. The number of hydrogen-bond donors (Lipinski definition) is 1. The third kappa shape index (κ3) is 2.72. The van der Waals surface area contributed by atoms with E-state index in [9.17, 15) is 9.90 Å². The van der Waals surface area contributed by atoms with E-state index in [4.69, 9.17) is 0 Å². The molecule has 0 heterocycles. The van der Waals surface area contributed by atoms with E-state index in [2.05, 4.69) is 0 Å². The first-order chi connectivity index (χ1) is 8.31. The van der Waals surface area contributed by atoms with Gasteiger partial charge in [0.15, 0.2) is 0 Å². The highest BCUT2D eigenvalue weighted by Gasteiger charge is 2.06. The first-order valence-electron chi connectivity index (χ1n) is 5.61. The van der Waals surface area contributed by atoms with Crippen molar-refractivity contribution in [2.24, 2.45) is 0 Å². The van der Waals surface area contributed by atoms with Crippen molar-refractivity contribution in [3.63, 3.8) is 0 Å². The van der Waals surface area contributed by atoms with Crippen LogP contribution in [0.5, 0.6) is 5.75 Å². The molecule has 2 nitrogen and oxygen atoms in total. The van der Waals surface area contributed by atoms with Crippen molar-refractivity contribution in [3.8, 4) is 5.75 Å². The number of carbonyl (C=O) groups is 1. The summed E-state index contributed by atoms with van der Waals surface area (Å²) in [6, 6.07) is 15.1. The fourth-order valence-corrected chi connectivity index (χ4v) is 1.89. The fraction of sp³-hybridized carbons (Fsp3) is 0.133. The van der Waals surface area contributed by atoms with E-state index in [0.717, 1.165) is 18.3 Å². The van der Waals surface area contributed by atoms with Crippen molar-refractivity contribution in [2.45, 2.75) is 12.8 Å². The van der Waals surface area contributed by atoms with Gasteiger partial charge < -0.3 is 5.11 Å². The largest absolute Gasteiger partial charge is 0.508 e. The maximum atomic E-state index is 10.9. The van der Waals surface area contributed by atoms with Crippen LogP contribution in [0.15, 0.2) is 48.5 Å². The molecule has 0 aliphatic heterocycles. The maximum Gasteiger partial charge on any atom is 0.150 e. The molecule has 0 bridgehead atoms. The van der Waals surface area contributed by atoms with Gasteiger partial charge >= 0.3 is 0 Å². The first kappa shape index (κ1) is 11.4. The van der Waals surface area contributed by atoms with Gasteiger partial charge in [0.1, 0.15) is 12.0 Å². The Labute approximate surface area is 101 Å². The van der Waals surface area contributed by atoms with E-state index in [1.54, 1.807) is 18.2 Å². The van der Waals surface area contributed by atoms with Crippen molar-refractivity contribution in [1.82, 2.24) is 0 Å². The molecule has 0 fully saturated rings. The van der Waals surface area contributed by atoms with Crippen LogP contribution < -0.4 is 0 Å². The lowest BCUT2D eigenvalue weighted by molar-refractivity contribution is 0.112. The Hall–Kier alpha value is -2.09. The predicted molar refractivity (Wildman–Crippen MR) is 67.3 cm³/mol. The summed E-state index contributed by atoms with van der Waals surface area (Å²) in [6.07, 6.45) is 2.28. The standard InChI is InChI=1S/C15H14O2/c16-11-13-7-4-8-15(17)14(13)10-9-12-5-2-1-3-6-12/h1-8,11,17H,9-10H2. The molecule has 86 valence electrons. The monoisotopic (exact) mass is 226 g/mol. The Morgan fingerprint density at radius 3 is 2.41 bits per heavy atom. The number of phenols is 1.